The monoisotopic (exact) mass is 406 g/mol. The lowest BCUT2D eigenvalue weighted by atomic mass is 10.0. The topological polar surface area (TPSA) is 97.5 Å². The molecule has 1 atom stereocenters. The van der Waals surface area contributed by atoms with Crippen LogP contribution >= 0.6 is 0 Å². The molecule has 3 N–H and O–H groups in total. The van der Waals surface area contributed by atoms with E-state index >= 15 is 0 Å². The summed E-state index contributed by atoms with van der Waals surface area (Å²) in [5, 5.41) is 24.7. The van der Waals surface area contributed by atoms with Crippen molar-refractivity contribution >= 4 is 28.5 Å². The number of benzene rings is 2. The highest BCUT2D eigenvalue weighted by Crippen LogP contribution is 2.33. The average molecular weight is 406 g/mol. The van der Waals surface area contributed by atoms with Gasteiger partial charge in [0.15, 0.2) is 0 Å². The van der Waals surface area contributed by atoms with E-state index in [0.717, 1.165) is 39.0 Å². The molecule has 0 saturated carbocycles. The van der Waals surface area contributed by atoms with Gasteiger partial charge in [0, 0.05) is 42.6 Å². The minimum absolute atomic E-state index is 0.0204. The van der Waals surface area contributed by atoms with Crippen LogP contribution < -0.4 is 10.6 Å². The van der Waals surface area contributed by atoms with Crippen LogP contribution in [0.1, 0.15) is 29.8 Å². The van der Waals surface area contributed by atoms with E-state index in [1.165, 1.54) is 6.21 Å². The lowest BCUT2D eigenvalue weighted by molar-refractivity contribution is 0.885. The van der Waals surface area contributed by atoms with Crippen molar-refractivity contribution in [3.63, 3.8) is 0 Å². The van der Waals surface area contributed by atoms with E-state index in [9.17, 15) is 5.26 Å². The second-order valence-corrected chi connectivity index (χ2v) is 7.22. The van der Waals surface area contributed by atoms with Crippen molar-refractivity contribution in [3.05, 3.63) is 83.8 Å². The van der Waals surface area contributed by atoms with Gasteiger partial charge in [-0.25, -0.2) is 0 Å². The molecule has 0 spiro atoms. The Labute approximate surface area is 181 Å². The number of aromatic nitrogens is 2. The van der Waals surface area contributed by atoms with Gasteiger partial charge in [0.25, 0.3) is 0 Å². The van der Waals surface area contributed by atoms with Crippen molar-refractivity contribution in [3.8, 4) is 17.2 Å². The van der Waals surface area contributed by atoms with Gasteiger partial charge in [-0.3, -0.25) is 9.97 Å². The lowest BCUT2D eigenvalue weighted by Gasteiger charge is -2.19. The van der Waals surface area contributed by atoms with Gasteiger partial charge in [-0.15, -0.1) is 0 Å². The van der Waals surface area contributed by atoms with Crippen molar-refractivity contribution in [2.75, 3.05) is 17.7 Å². The number of anilines is 2. The summed E-state index contributed by atoms with van der Waals surface area (Å²) in [6, 6.07) is 20.4. The average Bonchev–Trinajstić information content (AvgIpc) is 2.84. The van der Waals surface area contributed by atoms with Gasteiger partial charge < -0.3 is 16.0 Å². The smallest absolute Gasteiger partial charge is 0.104 e. The molecule has 6 nitrogen and oxygen atoms in total. The van der Waals surface area contributed by atoms with Crippen LogP contribution in [0.15, 0.2) is 67.0 Å². The SMILES string of the molecule is CNc1cc(-c2ccc3ncc(C#N)c(NC(C)c4ccccc4)c3c2)cnc1C=N. The quantitative estimate of drug-likeness (QED) is 0.373. The summed E-state index contributed by atoms with van der Waals surface area (Å²) in [7, 11) is 1.81. The van der Waals surface area contributed by atoms with Gasteiger partial charge in [-0.1, -0.05) is 36.4 Å². The molecule has 0 aliphatic carbocycles. The van der Waals surface area contributed by atoms with E-state index in [1.54, 1.807) is 12.4 Å². The number of rotatable bonds is 6. The maximum Gasteiger partial charge on any atom is 0.104 e. The normalized spacial score (nSPS) is 11.5. The number of pyridine rings is 2. The zero-order chi connectivity index (χ0) is 21.8. The molecule has 2 aromatic heterocycles. The largest absolute Gasteiger partial charge is 0.386 e. The van der Waals surface area contributed by atoms with Gasteiger partial charge in [0.05, 0.1) is 22.5 Å². The minimum Gasteiger partial charge on any atom is -0.386 e. The molecule has 4 rings (SSSR count). The third-order valence-electron chi connectivity index (χ3n) is 5.31. The van der Waals surface area contributed by atoms with Crippen LogP contribution in [0.4, 0.5) is 11.4 Å². The number of fused-ring (bicyclic) bond motifs is 1. The van der Waals surface area contributed by atoms with Crippen molar-refractivity contribution in [2.45, 2.75) is 13.0 Å². The molecule has 6 heteroatoms. The first-order chi connectivity index (χ1) is 15.1. The van der Waals surface area contributed by atoms with E-state index in [0.29, 0.717) is 11.3 Å². The molecule has 1 unspecified atom stereocenters. The predicted octanol–water partition coefficient (Wildman–Crippen LogP) is 5.38. The van der Waals surface area contributed by atoms with Gasteiger partial charge >= 0.3 is 0 Å². The van der Waals surface area contributed by atoms with Crippen LogP contribution in [0.2, 0.25) is 0 Å². The van der Waals surface area contributed by atoms with Crippen molar-refractivity contribution in [1.82, 2.24) is 9.97 Å². The zero-order valence-electron chi connectivity index (χ0n) is 17.3. The number of nitrogens with one attached hydrogen (secondary N) is 3. The van der Waals surface area contributed by atoms with Crippen molar-refractivity contribution in [1.29, 1.82) is 10.7 Å². The van der Waals surface area contributed by atoms with Crippen molar-refractivity contribution in [2.24, 2.45) is 0 Å². The molecule has 4 aromatic rings. The highest BCUT2D eigenvalue weighted by Gasteiger charge is 2.14. The summed E-state index contributed by atoms with van der Waals surface area (Å²) in [6.45, 7) is 2.08. The lowest BCUT2D eigenvalue weighted by Crippen LogP contribution is -2.08. The summed E-state index contributed by atoms with van der Waals surface area (Å²) in [4.78, 5) is 8.85. The molecule has 152 valence electrons. The Morgan fingerprint density at radius 2 is 1.84 bits per heavy atom. The first-order valence-electron chi connectivity index (χ1n) is 9.97. The maximum absolute atomic E-state index is 9.70. The number of nitriles is 1. The zero-order valence-corrected chi connectivity index (χ0v) is 17.3. The van der Waals surface area contributed by atoms with Gasteiger partial charge in [-0.2, -0.15) is 5.26 Å². The Balaban J connectivity index is 1.82. The number of hydrogen-bond donors (Lipinski definition) is 3. The minimum atomic E-state index is 0.0204. The molecule has 0 fully saturated rings. The molecule has 0 aliphatic rings. The second-order valence-electron chi connectivity index (χ2n) is 7.22. The van der Waals surface area contributed by atoms with Crippen LogP contribution in [-0.2, 0) is 0 Å². The fraction of sp³-hybridized carbons (Fsp3) is 0.120. The van der Waals surface area contributed by atoms with Crippen LogP contribution in [-0.4, -0.2) is 23.2 Å². The fourth-order valence-electron chi connectivity index (χ4n) is 3.60. The first kappa shape index (κ1) is 20.0. The van der Waals surface area contributed by atoms with E-state index in [-0.39, 0.29) is 6.04 Å². The van der Waals surface area contributed by atoms with E-state index < -0.39 is 0 Å². The van der Waals surface area contributed by atoms with Gasteiger partial charge in [0.1, 0.15) is 11.8 Å². The predicted molar refractivity (Wildman–Crippen MR) is 126 cm³/mol. The third-order valence-corrected chi connectivity index (χ3v) is 5.31. The van der Waals surface area contributed by atoms with Gasteiger partial charge in [0.2, 0.25) is 0 Å². The molecule has 0 aliphatic heterocycles. The maximum atomic E-state index is 9.70. The summed E-state index contributed by atoms with van der Waals surface area (Å²) >= 11 is 0. The molecular formula is C25H22N6. The summed E-state index contributed by atoms with van der Waals surface area (Å²) in [6.07, 6.45) is 4.59. The summed E-state index contributed by atoms with van der Waals surface area (Å²) < 4.78 is 0. The molecule has 0 radical (unpaired) electrons. The fourth-order valence-corrected chi connectivity index (χ4v) is 3.60. The molecule has 0 saturated heterocycles. The first-order valence-corrected chi connectivity index (χ1v) is 9.97. The molecule has 2 aromatic carbocycles. The Hall–Kier alpha value is -4.24. The van der Waals surface area contributed by atoms with E-state index in [2.05, 4.69) is 45.7 Å². The molecule has 2 heterocycles. The number of nitrogens with zero attached hydrogens (tertiary/aromatic N) is 3. The Kier molecular flexibility index (Phi) is 5.59. The van der Waals surface area contributed by atoms with Gasteiger partial charge in [-0.05, 0) is 36.2 Å². The van der Waals surface area contributed by atoms with Crippen LogP contribution in [0.3, 0.4) is 0 Å². The Bertz CT molecular complexity index is 1290. The summed E-state index contributed by atoms with van der Waals surface area (Å²) in [5.41, 5.74) is 6.46. The third kappa shape index (κ3) is 3.94. The second kappa shape index (κ2) is 8.64. The Morgan fingerprint density at radius 1 is 1.03 bits per heavy atom. The highest BCUT2D eigenvalue weighted by molar-refractivity contribution is 5.97. The number of hydrogen-bond acceptors (Lipinski definition) is 6. The van der Waals surface area contributed by atoms with E-state index in [4.69, 9.17) is 5.41 Å². The Morgan fingerprint density at radius 3 is 2.55 bits per heavy atom. The molecule has 0 bridgehead atoms. The molecular weight excluding hydrogens is 384 g/mol. The van der Waals surface area contributed by atoms with Crippen LogP contribution in [0.5, 0.6) is 0 Å². The molecule has 0 amide bonds. The molecule has 31 heavy (non-hydrogen) atoms. The summed E-state index contributed by atoms with van der Waals surface area (Å²) in [5.74, 6) is 0. The standard InChI is InChI=1S/C25H22N6/c1-16(17-6-4-3-5-7-17)31-25-20(12-26)15-29-22-9-8-18(10-21(22)25)19-11-23(28-2)24(13-27)30-14-19/h3-11,13-16,27-28H,1-2H3,(H,29,31). The van der Waals surface area contributed by atoms with Crippen LogP contribution in [0, 0.1) is 16.7 Å². The highest BCUT2D eigenvalue weighted by atomic mass is 14.9. The van der Waals surface area contributed by atoms with Crippen molar-refractivity contribution < 1.29 is 0 Å². The van der Waals surface area contributed by atoms with E-state index in [1.807, 2.05) is 49.5 Å². The van der Waals surface area contributed by atoms with Crippen LogP contribution in [0.25, 0.3) is 22.0 Å².